The molecule has 0 fully saturated rings. The molecule has 2 rings (SSSR count). The Morgan fingerprint density at radius 2 is 2.36 bits per heavy atom. The number of H-pyrrole nitrogens is 2. The summed E-state index contributed by atoms with van der Waals surface area (Å²) in [5, 5.41) is 8.67. The molecule has 4 nitrogen and oxygen atoms in total. The van der Waals surface area contributed by atoms with Crippen molar-refractivity contribution in [3.63, 3.8) is 0 Å². The fourth-order valence-electron chi connectivity index (χ4n) is 1.37. The first-order valence-corrected chi connectivity index (χ1v) is 4.68. The van der Waals surface area contributed by atoms with Gasteiger partial charge in [-0.3, -0.25) is 0 Å². The fraction of sp³-hybridized carbons (Fsp3) is 0.300. The van der Waals surface area contributed by atoms with Gasteiger partial charge in [-0.2, -0.15) is 0 Å². The lowest BCUT2D eigenvalue weighted by Crippen LogP contribution is -1.91. The third kappa shape index (κ3) is 1.85. The Morgan fingerprint density at radius 1 is 1.43 bits per heavy atom. The van der Waals surface area contributed by atoms with Crippen LogP contribution in [0.4, 0.5) is 0 Å². The van der Waals surface area contributed by atoms with E-state index in [2.05, 4.69) is 15.0 Å². The molecular weight excluding hydrogens is 178 g/mol. The summed E-state index contributed by atoms with van der Waals surface area (Å²) in [4.78, 5) is 10.4. The van der Waals surface area contributed by atoms with Crippen LogP contribution in [-0.4, -0.2) is 26.7 Å². The molecule has 4 heteroatoms. The van der Waals surface area contributed by atoms with E-state index < -0.39 is 0 Å². The number of rotatable bonds is 4. The van der Waals surface area contributed by atoms with Gasteiger partial charge < -0.3 is 15.1 Å². The van der Waals surface area contributed by atoms with Gasteiger partial charge in [0.1, 0.15) is 5.82 Å². The molecule has 2 aromatic heterocycles. The second-order valence-corrected chi connectivity index (χ2v) is 3.17. The fourth-order valence-corrected chi connectivity index (χ4v) is 1.37. The van der Waals surface area contributed by atoms with E-state index in [9.17, 15) is 0 Å². The lowest BCUT2D eigenvalue weighted by molar-refractivity contribution is 0.287. The minimum atomic E-state index is 0.209. The van der Waals surface area contributed by atoms with E-state index in [1.54, 1.807) is 0 Å². The second kappa shape index (κ2) is 4.11. The lowest BCUT2D eigenvalue weighted by atomic mass is 10.3. The van der Waals surface area contributed by atoms with Gasteiger partial charge in [-0.25, -0.2) is 4.98 Å². The minimum absolute atomic E-state index is 0.209. The van der Waals surface area contributed by atoms with E-state index in [0.29, 0.717) is 0 Å². The van der Waals surface area contributed by atoms with Crippen molar-refractivity contribution in [1.29, 1.82) is 0 Å². The molecule has 74 valence electrons. The summed E-state index contributed by atoms with van der Waals surface area (Å²) in [6.45, 7) is 0.209. The van der Waals surface area contributed by atoms with Gasteiger partial charge in [0.25, 0.3) is 0 Å². The molecule has 14 heavy (non-hydrogen) atoms. The summed E-state index contributed by atoms with van der Waals surface area (Å²) in [5.74, 6) is 0.926. The first-order valence-electron chi connectivity index (χ1n) is 4.68. The van der Waals surface area contributed by atoms with Gasteiger partial charge in [-0.05, 0) is 12.5 Å². The Bertz CT molecular complexity index is 378. The summed E-state index contributed by atoms with van der Waals surface area (Å²) in [7, 11) is 0. The van der Waals surface area contributed by atoms with Gasteiger partial charge in [0.15, 0.2) is 0 Å². The summed E-state index contributed by atoms with van der Waals surface area (Å²) in [6.07, 6.45) is 7.16. The Kier molecular flexibility index (Phi) is 2.65. The van der Waals surface area contributed by atoms with E-state index in [4.69, 9.17) is 5.11 Å². The highest BCUT2D eigenvalue weighted by Gasteiger charge is 2.02. The minimum Gasteiger partial charge on any atom is -0.396 e. The molecule has 0 amide bonds. The van der Waals surface area contributed by atoms with Crippen LogP contribution in [0.3, 0.4) is 0 Å². The van der Waals surface area contributed by atoms with E-state index >= 15 is 0 Å². The normalized spacial score (nSPS) is 10.6. The number of nitrogens with zero attached hydrogens (tertiary/aromatic N) is 1. The standard InChI is InChI=1S/C10H13N3O/c14-5-1-2-10-12-7-9(13-10)8-3-4-11-6-8/h3-4,6-7,11,14H,1-2,5H2,(H,12,13). The number of aromatic nitrogens is 3. The van der Waals surface area contributed by atoms with Gasteiger partial charge in [-0.15, -0.1) is 0 Å². The predicted octanol–water partition coefficient (Wildman–Crippen LogP) is 1.33. The maximum atomic E-state index is 8.67. The Balaban J connectivity index is 2.10. The first-order chi connectivity index (χ1) is 6.90. The SMILES string of the molecule is OCCCc1ncc(-c2cc[nH]c2)[nH]1. The highest BCUT2D eigenvalue weighted by atomic mass is 16.2. The average molecular weight is 191 g/mol. The number of nitrogens with one attached hydrogen (secondary N) is 2. The number of hydrogen-bond acceptors (Lipinski definition) is 2. The van der Waals surface area contributed by atoms with Crippen LogP contribution in [-0.2, 0) is 6.42 Å². The maximum Gasteiger partial charge on any atom is 0.106 e. The smallest absolute Gasteiger partial charge is 0.106 e. The van der Waals surface area contributed by atoms with Crippen LogP contribution < -0.4 is 0 Å². The molecule has 0 aromatic carbocycles. The highest BCUT2D eigenvalue weighted by Crippen LogP contribution is 2.15. The third-order valence-corrected chi connectivity index (χ3v) is 2.11. The Hall–Kier alpha value is -1.55. The molecule has 2 aromatic rings. The molecule has 0 unspecified atom stereocenters. The lowest BCUT2D eigenvalue weighted by Gasteiger charge is -1.93. The van der Waals surface area contributed by atoms with Crippen LogP contribution in [0, 0.1) is 0 Å². The number of aliphatic hydroxyl groups is 1. The molecule has 0 radical (unpaired) electrons. The summed E-state index contributed by atoms with van der Waals surface area (Å²) < 4.78 is 0. The third-order valence-electron chi connectivity index (χ3n) is 2.11. The highest BCUT2D eigenvalue weighted by molar-refractivity contribution is 5.57. The molecule has 0 aliphatic rings. The van der Waals surface area contributed by atoms with Crippen molar-refractivity contribution >= 4 is 0 Å². The molecule has 0 spiro atoms. The zero-order valence-electron chi connectivity index (χ0n) is 7.83. The maximum absolute atomic E-state index is 8.67. The molecule has 2 heterocycles. The number of imidazole rings is 1. The van der Waals surface area contributed by atoms with Crippen LogP contribution >= 0.6 is 0 Å². The average Bonchev–Trinajstić information content (AvgIpc) is 2.85. The van der Waals surface area contributed by atoms with Crippen LogP contribution in [0.5, 0.6) is 0 Å². The van der Waals surface area contributed by atoms with Crippen molar-refractivity contribution in [3.8, 4) is 11.3 Å². The van der Waals surface area contributed by atoms with E-state index in [1.807, 2.05) is 24.7 Å². The van der Waals surface area contributed by atoms with Crippen LogP contribution in [0.2, 0.25) is 0 Å². The molecule has 0 saturated heterocycles. The Labute approximate surface area is 82.0 Å². The number of aryl methyl sites for hydroxylation is 1. The van der Waals surface area contributed by atoms with Crippen LogP contribution in [0.1, 0.15) is 12.2 Å². The molecule has 0 atom stereocenters. The van der Waals surface area contributed by atoms with Crippen molar-refractivity contribution in [3.05, 3.63) is 30.5 Å². The largest absolute Gasteiger partial charge is 0.396 e. The zero-order valence-corrected chi connectivity index (χ0v) is 7.83. The molecule has 0 aliphatic heterocycles. The van der Waals surface area contributed by atoms with Crippen molar-refractivity contribution < 1.29 is 5.11 Å². The van der Waals surface area contributed by atoms with Crippen molar-refractivity contribution in [2.75, 3.05) is 6.61 Å². The van der Waals surface area contributed by atoms with Gasteiger partial charge in [0, 0.05) is 31.0 Å². The van der Waals surface area contributed by atoms with E-state index in [1.165, 1.54) is 0 Å². The monoisotopic (exact) mass is 191 g/mol. The van der Waals surface area contributed by atoms with Crippen LogP contribution in [0.25, 0.3) is 11.3 Å². The predicted molar refractivity (Wildman–Crippen MR) is 53.8 cm³/mol. The van der Waals surface area contributed by atoms with E-state index in [0.717, 1.165) is 29.9 Å². The van der Waals surface area contributed by atoms with E-state index in [-0.39, 0.29) is 6.61 Å². The first kappa shape index (κ1) is 9.02. The second-order valence-electron chi connectivity index (χ2n) is 3.17. The topological polar surface area (TPSA) is 64.7 Å². The summed E-state index contributed by atoms with van der Waals surface area (Å²) in [6, 6.07) is 1.99. The Morgan fingerprint density at radius 3 is 3.07 bits per heavy atom. The van der Waals surface area contributed by atoms with Crippen molar-refractivity contribution in [2.24, 2.45) is 0 Å². The molecule has 0 saturated carbocycles. The van der Waals surface area contributed by atoms with Crippen LogP contribution in [0.15, 0.2) is 24.7 Å². The zero-order chi connectivity index (χ0) is 9.80. The quantitative estimate of drug-likeness (QED) is 0.682. The van der Waals surface area contributed by atoms with Crippen molar-refractivity contribution in [1.82, 2.24) is 15.0 Å². The van der Waals surface area contributed by atoms with Gasteiger partial charge in [0.2, 0.25) is 0 Å². The van der Waals surface area contributed by atoms with Crippen molar-refractivity contribution in [2.45, 2.75) is 12.8 Å². The number of aliphatic hydroxyl groups excluding tert-OH is 1. The summed E-state index contributed by atoms with van der Waals surface area (Å²) >= 11 is 0. The van der Waals surface area contributed by atoms with Gasteiger partial charge >= 0.3 is 0 Å². The molecule has 0 bridgehead atoms. The molecule has 3 N–H and O–H groups in total. The van der Waals surface area contributed by atoms with Gasteiger partial charge in [0.05, 0.1) is 11.9 Å². The number of hydrogen-bond donors (Lipinski definition) is 3. The number of aromatic amines is 2. The molecular formula is C10H13N3O. The van der Waals surface area contributed by atoms with Gasteiger partial charge in [-0.1, -0.05) is 0 Å². The summed E-state index contributed by atoms with van der Waals surface area (Å²) in [5.41, 5.74) is 2.12. The molecule has 0 aliphatic carbocycles.